The number of aromatic nitrogens is 2. The van der Waals surface area contributed by atoms with Crippen LogP contribution in [0.25, 0.3) is 0 Å². The normalized spacial score (nSPS) is 13.4. The van der Waals surface area contributed by atoms with E-state index in [1.807, 2.05) is 18.2 Å². The zero-order chi connectivity index (χ0) is 25.7. The van der Waals surface area contributed by atoms with Crippen molar-refractivity contribution in [3.05, 3.63) is 75.5 Å². The van der Waals surface area contributed by atoms with Crippen LogP contribution in [0.2, 0.25) is 10.0 Å². The lowest BCUT2D eigenvalue weighted by molar-refractivity contribution is 0.0671. The van der Waals surface area contributed by atoms with Gasteiger partial charge in [-0.3, -0.25) is 10.1 Å². The predicted molar refractivity (Wildman–Crippen MR) is 135 cm³/mol. The van der Waals surface area contributed by atoms with Gasteiger partial charge < -0.3 is 20.3 Å². The van der Waals surface area contributed by atoms with E-state index in [4.69, 9.17) is 33.7 Å². The summed E-state index contributed by atoms with van der Waals surface area (Å²) in [6, 6.07) is 12.7. The zero-order valence-electron chi connectivity index (χ0n) is 19.1. The minimum atomic E-state index is -0.573. The van der Waals surface area contributed by atoms with Gasteiger partial charge in [0.1, 0.15) is 5.82 Å². The molecule has 0 atom stereocenters. The third kappa shape index (κ3) is 5.95. The Morgan fingerprint density at radius 2 is 1.72 bits per heavy atom. The Kier molecular flexibility index (Phi) is 8.07. The summed E-state index contributed by atoms with van der Waals surface area (Å²) in [5, 5.41) is 10.6. The number of rotatable bonds is 6. The number of carbonyl (C=O) groups excluding carboxylic acids is 2. The van der Waals surface area contributed by atoms with E-state index in [9.17, 15) is 14.0 Å². The number of nitrogen functional groups attached to an aromatic ring is 1. The molecule has 12 heteroatoms. The van der Waals surface area contributed by atoms with E-state index in [0.29, 0.717) is 42.3 Å². The van der Waals surface area contributed by atoms with Crippen molar-refractivity contribution in [2.24, 2.45) is 0 Å². The maximum atomic E-state index is 13.7. The van der Waals surface area contributed by atoms with E-state index >= 15 is 0 Å². The summed E-state index contributed by atoms with van der Waals surface area (Å²) < 4.78 is 19.4. The lowest BCUT2D eigenvalue weighted by Crippen LogP contribution is -2.51. The predicted octanol–water partition coefficient (Wildman–Crippen LogP) is 4.12. The summed E-state index contributed by atoms with van der Waals surface area (Å²) in [6.07, 6.45) is 0.227. The number of nitrogens with two attached hydrogens (primary N) is 1. The van der Waals surface area contributed by atoms with Crippen molar-refractivity contribution >= 4 is 46.8 Å². The lowest BCUT2D eigenvalue weighted by atomic mass is 10.1. The van der Waals surface area contributed by atoms with Gasteiger partial charge in [-0.2, -0.15) is 0 Å². The van der Waals surface area contributed by atoms with E-state index < -0.39 is 5.82 Å². The molecule has 0 radical (unpaired) electrons. The van der Waals surface area contributed by atoms with Gasteiger partial charge in [-0.25, -0.2) is 9.18 Å². The number of nitrogens with one attached hydrogen (secondary N) is 1. The molecule has 1 aliphatic rings. The molecule has 1 saturated heterocycles. The molecule has 188 valence electrons. The molecule has 0 unspecified atom stereocenters. The largest absolute Gasteiger partial charge is 0.489 e. The van der Waals surface area contributed by atoms with Crippen molar-refractivity contribution in [1.82, 2.24) is 20.0 Å². The highest BCUT2D eigenvalue weighted by Crippen LogP contribution is 2.28. The third-order valence-corrected chi connectivity index (χ3v) is 6.41. The molecule has 3 N–H and O–H groups in total. The molecular formula is C24H23Cl2FN6O3. The monoisotopic (exact) mass is 532 g/mol. The Hall–Kier alpha value is -3.63. The van der Waals surface area contributed by atoms with Crippen LogP contribution < -0.4 is 15.8 Å². The first-order valence-electron chi connectivity index (χ1n) is 11.1. The number of benzene rings is 2. The number of ether oxygens (including phenoxy) is 1. The highest BCUT2D eigenvalue weighted by Gasteiger charge is 2.25. The first-order chi connectivity index (χ1) is 17.3. The number of hydrogen-bond acceptors (Lipinski definition) is 6. The van der Waals surface area contributed by atoms with Crippen LogP contribution in [-0.2, 0) is 6.42 Å². The van der Waals surface area contributed by atoms with Gasteiger partial charge in [0.15, 0.2) is 17.4 Å². The molecule has 0 spiro atoms. The number of urea groups is 1. The van der Waals surface area contributed by atoms with Crippen LogP contribution in [0.4, 0.5) is 20.8 Å². The van der Waals surface area contributed by atoms with Crippen molar-refractivity contribution in [2.45, 2.75) is 6.42 Å². The van der Waals surface area contributed by atoms with Crippen LogP contribution in [-0.4, -0.2) is 64.7 Å². The summed E-state index contributed by atoms with van der Waals surface area (Å²) in [7, 11) is 0. The summed E-state index contributed by atoms with van der Waals surface area (Å²) in [5.74, 6) is -0.271. The number of halogens is 3. The number of anilines is 2. The molecule has 0 saturated carbocycles. The molecule has 0 aliphatic carbocycles. The van der Waals surface area contributed by atoms with Crippen molar-refractivity contribution in [1.29, 1.82) is 0 Å². The second-order valence-electron chi connectivity index (χ2n) is 7.97. The zero-order valence-corrected chi connectivity index (χ0v) is 20.6. The first kappa shape index (κ1) is 25.5. The quantitative estimate of drug-likeness (QED) is 0.461. The molecule has 1 fully saturated rings. The maximum Gasteiger partial charge on any atom is 0.323 e. The number of nitrogens with zero attached hydrogens (tertiary/aromatic N) is 4. The molecule has 4 rings (SSSR count). The minimum Gasteiger partial charge on any atom is -0.489 e. The van der Waals surface area contributed by atoms with Gasteiger partial charge in [-0.1, -0.05) is 41.4 Å². The highest BCUT2D eigenvalue weighted by atomic mass is 35.5. The molecule has 2 aromatic carbocycles. The average Bonchev–Trinajstić information content (AvgIpc) is 2.90. The third-order valence-electron chi connectivity index (χ3n) is 5.64. The molecule has 36 heavy (non-hydrogen) atoms. The van der Waals surface area contributed by atoms with Gasteiger partial charge in [0.2, 0.25) is 0 Å². The van der Waals surface area contributed by atoms with Crippen molar-refractivity contribution < 1.29 is 18.7 Å². The summed E-state index contributed by atoms with van der Waals surface area (Å²) >= 11 is 12.1. The van der Waals surface area contributed by atoms with Crippen LogP contribution in [0.15, 0.2) is 48.5 Å². The Balaban J connectivity index is 1.31. The first-order valence-corrected chi connectivity index (χ1v) is 11.9. The molecule has 2 heterocycles. The summed E-state index contributed by atoms with van der Waals surface area (Å²) in [4.78, 5) is 28.6. The maximum absolute atomic E-state index is 13.7. The van der Waals surface area contributed by atoms with Gasteiger partial charge in [0.25, 0.3) is 5.91 Å². The van der Waals surface area contributed by atoms with E-state index in [1.165, 1.54) is 18.2 Å². The van der Waals surface area contributed by atoms with Crippen LogP contribution in [0.5, 0.6) is 5.75 Å². The Morgan fingerprint density at radius 3 is 2.44 bits per heavy atom. The SMILES string of the molecule is Nc1nnc(NC(=O)N2CCN(C(=O)c3ccccc3)CC2)cc1OCCc1c(Cl)ccc(F)c1Cl. The van der Waals surface area contributed by atoms with E-state index in [2.05, 4.69) is 15.5 Å². The Bertz CT molecular complexity index is 1260. The van der Waals surface area contributed by atoms with Crippen molar-refractivity contribution in [2.75, 3.05) is 43.8 Å². The summed E-state index contributed by atoms with van der Waals surface area (Å²) in [6.45, 7) is 1.64. The molecule has 3 aromatic rings. The fourth-order valence-electron chi connectivity index (χ4n) is 3.69. The fraction of sp³-hybridized carbons (Fsp3) is 0.250. The van der Waals surface area contributed by atoms with Crippen LogP contribution in [0, 0.1) is 5.82 Å². The van der Waals surface area contributed by atoms with E-state index in [1.54, 1.807) is 21.9 Å². The number of hydrogen-bond donors (Lipinski definition) is 2. The van der Waals surface area contributed by atoms with Crippen LogP contribution >= 0.6 is 23.2 Å². The minimum absolute atomic E-state index is 0.0254. The van der Waals surface area contributed by atoms with Crippen molar-refractivity contribution in [3.63, 3.8) is 0 Å². The molecule has 3 amide bonds. The summed E-state index contributed by atoms with van der Waals surface area (Å²) in [5.41, 5.74) is 6.87. The Labute approximate surface area is 216 Å². The topological polar surface area (TPSA) is 114 Å². The second-order valence-corrected chi connectivity index (χ2v) is 8.76. The van der Waals surface area contributed by atoms with Gasteiger partial charge in [0, 0.05) is 49.3 Å². The fourth-order valence-corrected chi connectivity index (χ4v) is 4.25. The Morgan fingerprint density at radius 1 is 1.03 bits per heavy atom. The molecule has 1 aromatic heterocycles. The second kappa shape index (κ2) is 11.4. The number of amides is 3. The van der Waals surface area contributed by atoms with Gasteiger partial charge in [0.05, 0.1) is 11.6 Å². The van der Waals surface area contributed by atoms with Crippen LogP contribution in [0.1, 0.15) is 15.9 Å². The van der Waals surface area contributed by atoms with E-state index in [0.717, 1.165) is 0 Å². The van der Waals surface area contributed by atoms with Crippen molar-refractivity contribution in [3.8, 4) is 5.75 Å². The smallest absolute Gasteiger partial charge is 0.323 e. The van der Waals surface area contributed by atoms with Crippen LogP contribution in [0.3, 0.4) is 0 Å². The highest BCUT2D eigenvalue weighted by molar-refractivity contribution is 6.36. The van der Waals surface area contributed by atoms with Gasteiger partial charge in [-0.15, -0.1) is 10.2 Å². The lowest BCUT2D eigenvalue weighted by Gasteiger charge is -2.34. The van der Waals surface area contributed by atoms with Gasteiger partial charge >= 0.3 is 6.03 Å². The number of piperazine rings is 1. The molecule has 0 bridgehead atoms. The molecule has 1 aliphatic heterocycles. The van der Waals surface area contributed by atoms with Gasteiger partial charge in [-0.05, 0) is 29.8 Å². The van der Waals surface area contributed by atoms with E-state index in [-0.39, 0.29) is 47.4 Å². The number of carbonyl (C=O) groups is 2. The molecule has 9 nitrogen and oxygen atoms in total. The standard InChI is InChI=1S/C24H23Cl2FN6O3/c25-17-6-7-18(27)21(26)16(17)8-13-36-19-14-20(30-31-22(19)28)29-24(35)33-11-9-32(10-12-33)23(34)15-4-2-1-3-5-15/h1-7,14H,8-13H2,(H2,28,31)(H,29,30,35). The molecular weight excluding hydrogens is 510 g/mol. The average molecular weight is 533 g/mol.